The van der Waals surface area contributed by atoms with Gasteiger partial charge in [0.2, 0.25) is 0 Å². The Bertz CT molecular complexity index is 142. The summed E-state index contributed by atoms with van der Waals surface area (Å²) < 4.78 is 0. The smallest absolute Gasteiger partial charge is 0.0263 e. The number of unbranched alkanes of at least 4 members (excludes halogenated alkanes) is 6. The molecule has 0 bridgehead atoms. The first-order valence-corrected chi connectivity index (χ1v) is 6.35. The molecule has 0 unspecified atom stereocenters. The van der Waals surface area contributed by atoms with E-state index in [2.05, 4.69) is 33.8 Å². The largest absolute Gasteiger partial charge is 0.0854 e. The lowest BCUT2D eigenvalue weighted by Crippen LogP contribution is -1.88. The van der Waals surface area contributed by atoms with Crippen molar-refractivity contribution in [2.75, 3.05) is 0 Å². The summed E-state index contributed by atoms with van der Waals surface area (Å²) in [6, 6.07) is 0. The SMILES string of the molecule is CCCCCCCCC=C(C)C(C)C. The first-order chi connectivity index (χ1) is 6.68. The molecular formula is C14H28. The van der Waals surface area contributed by atoms with E-state index in [4.69, 9.17) is 0 Å². The molecule has 0 rings (SSSR count). The third-order valence-corrected chi connectivity index (χ3v) is 2.93. The first-order valence-electron chi connectivity index (χ1n) is 6.35. The van der Waals surface area contributed by atoms with Gasteiger partial charge in [-0.1, -0.05) is 64.5 Å². The number of allylic oxidation sites excluding steroid dienone is 2. The first kappa shape index (κ1) is 13.7. The molecule has 0 nitrogen and oxygen atoms in total. The summed E-state index contributed by atoms with van der Waals surface area (Å²) in [6.45, 7) is 9.07. The van der Waals surface area contributed by atoms with Gasteiger partial charge in [0.05, 0.1) is 0 Å². The molecule has 0 aliphatic carbocycles. The second-order valence-corrected chi connectivity index (χ2v) is 4.66. The maximum Gasteiger partial charge on any atom is -0.0263 e. The Kier molecular flexibility index (Phi) is 9.13. The van der Waals surface area contributed by atoms with Crippen LogP contribution in [0.1, 0.15) is 72.6 Å². The summed E-state index contributed by atoms with van der Waals surface area (Å²) in [6.07, 6.45) is 12.1. The average Bonchev–Trinajstić information content (AvgIpc) is 2.16. The van der Waals surface area contributed by atoms with E-state index in [9.17, 15) is 0 Å². The fourth-order valence-corrected chi connectivity index (χ4v) is 1.49. The van der Waals surface area contributed by atoms with Gasteiger partial charge in [0.1, 0.15) is 0 Å². The highest BCUT2D eigenvalue weighted by Gasteiger charge is 1.94. The number of hydrogen-bond acceptors (Lipinski definition) is 0. The van der Waals surface area contributed by atoms with Crippen molar-refractivity contribution in [3.8, 4) is 0 Å². The fraction of sp³-hybridized carbons (Fsp3) is 0.857. The van der Waals surface area contributed by atoms with Gasteiger partial charge in [-0.15, -0.1) is 0 Å². The molecule has 0 amide bonds. The minimum Gasteiger partial charge on any atom is -0.0854 e. The van der Waals surface area contributed by atoms with Gasteiger partial charge >= 0.3 is 0 Å². The van der Waals surface area contributed by atoms with Crippen molar-refractivity contribution in [1.29, 1.82) is 0 Å². The Hall–Kier alpha value is -0.260. The van der Waals surface area contributed by atoms with E-state index in [1.807, 2.05) is 0 Å². The van der Waals surface area contributed by atoms with Crippen LogP contribution in [0.4, 0.5) is 0 Å². The van der Waals surface area contributed by atoms with Crippen molar-refractivity contribution in [2.45, 2.75) is 72.6 Å². The van der Waals surface area contributed by atoms with Gasteiger partial charge in [-0.2, -0.15) is 0 Å². The summed E-state index contributed by atoms with van der Waals surface area (Å²) in [5, 5.41) is 0. The third-order valence-electron chi connectivity index (χ3n) is 2.93. The minimum absolute atomic E-state index is 0.732. The van der Waals surface area contributed by atoms with Gasteiger partial charge in [0.15, 0.2) is 0 Å². The van der Waals surface area contributed by atoms with E-state index in [-0.39, 0.29) is 0 Å². The maximum absolute atomic E-state index is 2.42. The molecule has 0 saturated carbocycles. The third kappa shape index (κ3) is 8.34. The molecule has 0 aliphatic heterocycles. The minimum atomic E-state index is 0.732. The van der Waals surface area contributed by atoms with E-state index >= 15 is 0 Å². The van der Waals surface area contributed by atoms with E-state index in [0.29, 0.717) is 0 Å². The lowest BCUT2D eigenvalue weighted by Gasteiger charge is -2.04. The predicted octanol–water partition coefficient (Wildman–Crippen LogP) is 5.34. The van der Waals surface area contributed by atoms with Crippen LogP contribution >= 0.6 is 0 Å². The zero-order valence-electron chi connectivity index (χ0n) is 10.6. The van der Waals surface area contributed by atoms with E-state index in [1.54, 1.807) is 5.57 Å². The highest BCUT2D eigenvalue weighted by Crippen LogP contribution is 2.12. The molecule has 0 fully saturated rings. The van der Waals surface area contributed by atoms with E-state index < -0.39 is 0 Å². The Labute approximate surface area is 90.8 Å². The summed E-state index contributed by atoms with van der Waals surface area (Å²) in [4.78, 5) is 0. The van der Waals surface area contributed by atoms with Crippen molar-refractivity contribution >= 4 is 0 Å². The van der Waals surface area contributed by atoms with Crippen LogP contribution in [-0.2, 0) is 0 Å². The lowest BCUT2D eigenvalue weighted by atomic mass is 10.0. The molecule has 0 N–H and O–H groups in total. The molecular weight excluding hydrogens is 168 g/mol. The van der Waals surface area contributed by atoms with Gasteiger partial charge in [-0.25, -0.2) is 0 Å². The van der Waals surface area contributed by atoms with Crippen LogP contribution in [0.25, 0.3) is 0 Å². The number of rotatable bonds is 8. The van der Waals surface area contributed by atoms with Gasteiger partial charge < -0.3 is 0 Å². The van der Waals surface area contributed by atoms with Gasteiger partial charge in [0, 0.05) is 0 Å². The van der Waals surface area contributed by atoms with Crippen LogP contribution in [0.15, 0.2) is 11.6 Å². The Morgan fingerprint density at radius 3 is 2.14 bits per heavy atom. The van der Waals surface area contributed by atoms with Crippen LogP contribution in [-0.4, -0.2) is 0 Å². The molecule has 0 radical (unpaired) electrons. The Morgan fingerprint density at radius 1 is 1.00 bits per heavy atom. The fourth-order valence-electron chi connectivity index (χ4n) is 1.49. The van der Waals surface area contributed by atoms with Crippen molar-refractivity contribution in [1.82, 2.24) is 0 Å². The van der Waals surface area contributed by atoms with Crippen LogP contribution in [0.3, 0.4) is 0 Å². The molecule has 84 valence electrons. The lowest BCUT2D eigenvalue weighted by molar-refractivity contribution is 0.609. The summed E-state index contributed by atoms with van der Waals surface area (Å²) >= 11 is 0. The van der Waals surface area contributed by atoms with Crippen LogP contribution in [0, 0.1) is 5.92 Å². The van der Waals surface area contributed by atoms with Crippen LogP contribution in [0.2, 0.25) is 0 Å². The van der Waals surface area contributed by atoms with Crippen molar-refractivity contribution in [3.05, 3.63) is 11.6 Å². The van der Waals surface area contributed by atoms with Crippen LogP contribution in [0.5, 0.6) is 0 Å². The maximum atomic E-state index is 2.42. The highest BCUT2D eigenvalue weighted by atomic mass is 14.0. The monoisotopic (exact) mass is 196 g/mol. The molecule has 0 aromatic heterocycles. The summed E-state index contributed by atoms with van der Waals surface area (Å²) in [5.41, 5.74) is 1.55. The predicted molar refractivity (Wildman–Crippen MR) is 66.6 cm³/mol. The number of hydrogen-bond donors (Lipinski definition) is 0. The normalized spacial score (nSPS) is 12.5. The van der Waals surface area contributed by atoms with Crippen LogP contribution < -0.4 is 0 Å². The zero-order chi connectivity index (χ0) is 10.8. The molecule has 0 heterocycles. The van der Waals surface area contributed by atoms with Crippen molar-refractivity contribution < 1.29 is 0 Å². The quantitative estimate of drug-likeness (QED) is 0.363. The van der Waals surface area contributed by atoms with Crippen molar-refractivity contribution in [2.24, 2.45) is 5.92 Å². The molecule has 0 aromatic rings. The Balaban J connectivity index is 3.24. The zero-order valence-corrected chi connectivity index (χ0v) is 10.6. The molecule has 0 saturated heterocycles. The molecule has 0 aromatic carbocycles. The van der Waals surface area contributed by atoms with E-state index in [1.165, 1.54) is 44.9 Å². The summed E-state index contributed by atoms with van der Waals surface area (Å²) in [7, 11) is 0. The van der Waals surface area contributed by atoms with Gasteiger partial charge in [-0.3, -0.25) is 0 Å². The average molecular weight is 196 g/mol. The summed E-state index contributed by atoms with van der Waals surface area (Å²) in [5.74, 6) is 0.732. The van der Waals surface area contributed by atoms with Gasteiger partial charge in [0.25, 0.3) is 0 Å². The Morgan fingerprint density at radius 2 is 1.57 bits per heavy atom. The second-order valence-electron chi connectivity index (χ2n) is 4.66. The van der Waals surface area contributed by atoms with Crippen molar-refractivity contribution in [3.63, 3.8) is 0 Å². The van der Waals surface area contributed by atoms with Gasteiger partial charge in [-0.05, 0) is 25.7 Å². The second kappa shape index (κ2) is 9.30. The standard InChI is InChI=1S/C14H28/c1-5-6-7-8-9-10-11-12-14(4)13(2)3/h12-13H,5-11H2,1-4H3. The molecule has 0 spiro atoms. The van der Waals surface area contributed by atoms with E-state index in [0.717, 1.165) is 5.92 Å². The molecule has 0 atom stereocenters. The molecule has 0 aliphatic rings. The molecule has 14 heavy (non-hydrogen) atoms. The molecule has 0 heteroatoms. The topological polar surface area (TPSA) is 0 Å². The highest BCUT2D eigenvalue weighted by molar-refractivity contribution is 5.00.